The minimum Gasteiger partial charge on any atom is -0.481 e. The van der Waals surface area contributed by atoms with Gasteiger partial charge in [-0.25, -0.2) is 0 Å². The van der Waals surface area contributed by atoms with Gasteiger partial charge in [-0.15, -0.1) is 0 Å². The number of carboxylic acids is 1. The lowest BCUT2D eigenvalue weighted by molar-refractivity contribution is -0.137. The zero-order valence-electron chi connectivity index (χ0n) is 12.7. The molecule has 0 saturated heterocycles. The lowest BCUT2D eigenvalue weighted by Crippen LogP contribution is -1.92. The molecule has 114 valence electrons. The van der Waals surface area contributed by atoms with Gasteiger partial charge in [0.05, 0.1) is 0 Å². The van der Waals surface area contributed by atoms with E-state index in [2.05, 4.69) is 24.3 Å². The molecule has 1 N–H and O–H groups in total. The molecule has 0 heterocycles. The summed E-state index contributed by atoms with van der Waals surface area (Å²) in [6.07, 6.45) is 23.0. The molecule has 1 aliphatic rings. The Kier molecular flexibility index (Phi) is 9.99. The maximum atomic E-state index is 10.3. The van der Waals surface area contributed by atoms with Gasteiger partial charge in [0.15, 0.2) is 0 Å². The number of aliphatic carboxylic acids is 1. The highest BCUT2D eigenvalue weighted by Crippen LogP contribution is 2.23. The van der Waals surface area contributed by atoms with Crippen molar-refractivity contribution in [2.45, 2.75) is 77.0 Å². The smallest absolute Gasteiger partial charge is 0.303 e. The summed E-state index contributed by atoms with van der Waals surface area (Å²) in [5.41, 5.74) is 0. The van der Waals surface area contributed by atoms with E-state index in [0.29, 0.717) is 6.42 Å². The molecule has 0 bridgehead atoms. The van der Waals surface area contributed by atoms with Crippen LogP contribution in [-0.4, -0.2) is 11.1 Å². The van der Waals surface area contributed by atoms with Gasteiger partial charge in [-0.05, 0) is 57.3 Å². The number of rotatable bonds is 12. The van der Waals surface area contributed by atoms with Crippen LogP contribution in [0.15, 0.2) is 24.3 Å². The van der Waals surface area contributed by atoms with E-state index < -0.39 is 5.97 Å². The highest BCUT2D eigenvalue weighted by atomic mass is 16.4. The Hall–Kier alpha value is -1.05. The van der Waals surface area contributed by atoms with Gasteiger partial charge in [-0.1, -0.05) is 43.6 Å². The summed E-state index contributed by atoms with van der Waals surface area (Å²) in [5.74, 6) is 0.197. The minimum absolute atomic E-state index is 0.310. The molecule has 0 aromatic heterocycles. The number of carbonyl (C=O) groups is 1. The zero-order chi connectivity index (χ0) is 14.5. The van der Waals surface area contributed by atoms with Crippen LogP contribution in [0, 0.1) is 5.92 Å². The quantitative estimate of drug-likeness (QED) is 0.378. The van der Waals surface area contributed by atoms with E-state index in [4.69, 9.17) is 5.11 Å². The van der Waals surface area contributed by atoms with E-state index in [1.54, 1.807) is 0 Å². The van der Waals surface area contributed by atoms with Gasteiger partial charge in [0, 0.05) is 6.42 Å². The molecule has 0 unspecified atom stereocenters. The van der Waals surface area contributed by atoms with Crippen LogP contribution in [0.4, 0.5) is 0 Å². The SMILES string of the molecule is O=C(O)CCCCC=CCCCCCC[C@@H]1C=CCC1. The zero-order valence-corrected chi connectivity index (χ0v) is 12.7. The summed E-state index contributed by atoms with van der Waals surface area (Å²) in [4.78, 5) is 10.3. The van der Waals surface area contributed by atoms with E-state index >= 15 is 0 Å². The van der Waals surface area contributed by atoms with E-state index in [9.17, 15) is 4.79 Å². The topological polar surface area (TPSA) is 37.3 Å². The van der Waals surface area contributed by atoms with Crippen molar-refractivity contribution in [3.8, 4) is 0 Å². The lowest BCUT2D eigenvalue weighted by atomic mass is 10.00. The molecule has 1 rings (SSSR count). The monoisotopic (exact) mass is 278 g/mol. The van der Waals surface area contributed by atoms with Crippen molar-refractivity contribution < 1.29 is 9.90 Å². The molecule has 0 saturated carbocycles. The highest BCUT2D eigenvalue weighted by molar-refractivity contribution is 5.66. The van der Waals surface area contributed by atoms with Gasteiger partial charge in [0.25, 0.3) is 0 Å². The molecule has 20 heavy (non-hydrogen) atoms. The fraction of sp³-hybridized carbons (Fsp3) is 0.722. The fourth-order valence-corrected chi connectivity index (χ4v) is 2.73. The van der Waals surface area contributed by atoms with Crippen molar-refractivity contribution in [1.29, 1.82) is 0 Å². The Balaban J connectivity index is 1.77. The van der Waals surface area contributed by atoms with Crippen molar-refractivity contribution in [2.75, 3.05) is 0 Å². The van der Waals surface area contributed by atoms with Crippen LogP contribution in [0.1, 0.15) is 77.0 Å². The van der Waals surface area contributed by atoms with Gasteiger partial charge < -0.3 is 5.11 Å². The standard InChI is InChI=1S/C18H30O2/c19-18(20)16-10-8-6-4-2-1-3-5-7-9-13-17-14-11-12-15-17/h2,4,11,14,17H,1,3,5-10,12-13,15-16H2,(H,19,20)/t17-/m1/s1. The van der Waals surface area contributed by atoms with E-state index in [0.717, 1.165) is 25.2 Å². The number of unbranched alkanes of at least 4 members (excludes halogenated alkanes) is 6. The number of carboxylic acid groups (broad SMARTS) is 1. The van der Waals surface area contributed by atoms with E-state index in [1.807, 2.05) is 0 Å². The van der Waals surface area contributed by atoms with Crippen molar-refractivity contribution in [3.63, 3.8) is 0 Å². The molecule has 2 heteroatoms. The third kappa shape index (κ3) is 9.82. The Labute approximate surface area is 124 Å². The first-order valence-electron chi connectivity index (χ1n) is 8.32. The third-order valence-corrected chi connectivity index (χ3v) is 3.99. The minimum atomic E-state index is -0.679. The van der Waals surface area contributed by atoms with Crippen LogP contribution in [0.3, 0.4) is 0 Å². The molecule has 1 aliphatic carbocycles. The Morgan fingerprint density at radius 2 is 1.75 bits per heavy atom. The van der Waals surface area contributed by atoms with Crippen molar-refractivity contribution in [1.82, 2.24) is 0 Å². The van der Waals surface area contributed by atoms with E-state index in [1.165, 1.54) is 51.4 Å². The second kappa shape index (κ2) is 11.7. The molecular formula is C18H30O2. The molecule has 0 aromatic carbocycles. The Morgan fingerprint density at radius 1 is 1.05 bits per heavy atom. The molecule has 2 nitrogen and oxygen atoms in total. The fourth-order valence-electron chi connectivity index (χ4n) is 2.73. The molecule has 0 aromatic rings. The first-order valence-corrected chi connectivity index (χ1v) is 8.32. The predicted octanol–water partition coefficient (Wildman–Crippen LogP) is 5.49. The van der Waals surface area contributed by atoms with Crippen LogP contribution in [0.5, 0.6) is 0 Å². The normalized spacial score (nSPS) is 18.1. The Morgan fingerprint density at radius 3 is 2.40 bits per heavy atom. The second-order valence-electron chi connectivity index (χ2n) is 5.87. The summed E-state index contributed by atoms with van der Waals surface area (Å²) in [7, 11) is 0. The maximum Gasteiger partial charge on any atom is 0.303 e. The molecule has 0 spiro atoms. The third-order valence-electron chi connectivity index (χ3n) is 3.99. The van der Waals surface area contributed by atoms with Gasteiger partial charge in [-0.3, -0.25) is 4.79 Å². The largest absolute Gasteiger partial charge is 0.481 e. The average molecular weight is 278 g/mol. The molecule has 1 atom stereocenters. The average Bonchev–Trinajstić information content (AvgIpc) is 2.93. The van der Waals surface area contributed by atoms with Gasteiger partial charge in [0.2, 0.25) is 0 Å². The second-order valence-corrected chi connectivity index (χ2v) is 5.87. The molecule has 0 radical (unpaired) electrons. The van der Waals surface area contributed by atoms with Crippen LogP contribution < -0.4 is 0 Å². The summed E-state index contributed by atoms with van der Waals surface area (Å²) >= 11 is 0. The maximum absolute atomic E-state index is 10.3. The number of hydrogen-bond donors (Lipinski definition) is 1. The first kappa shape index (κ1) is 17.0. The molecule has 0 amide bonds. The first-order chi connectivity index (χ1) is 9.79. The summed E-state index contributed by atoms with van der Waals surface area (Å²) in [6.45, 7) is 0. The predicted molar refractivity (Wildman–Crippen MR) is 84.8 cm³/mol. The van der Waals surface area contributed by atoms with Gasteiger partial charge >= 0.3 is 5.97 Å². The molecule has 0 fully saturated rings. The number of allylic oxidation sites excluding steroid dienone is 4. The van der Waals surface area contributed by atoms with Crippen molar-refractivity contribution in [3.05, 3.63) is 24.3 Å². The van der Waals surface area contributed by atoms with Gasteiger partial charge in [0.1, 0.15) is 0 Å². The highest BCUT2D eigenvalue weighted by Gasteiger charge is 2.07. The van der Waals surface area contributed by atoms with E-state index in [-0.39, 0.29) is 0 Å². The van der Waals surface area contributed by atoms with Crippen molar-refractivity contribution in [2.24, 2.45) is 5.92 Å². The summed E-state index contributed by atoms with van der Waals surface area (Å²) in [5, 5.41) is 8.50. The molecular weight excluding hydrogens is 248 g/mol. The Bertz CT molecular complexity index is 305. The van der Waals surface area contributed by atoms with Crippen molar-refractivity contribution >= 4 is 5.97 Å². The summed E-state index contributed by atoms with van der Waals surface area (Å²) in [6, 6.07) is 0. The summed E-state index contributed by atoms with van der Waals surface area (Å²) < 4.78 is 0. The van der Waals surface area contributed by atoms with Crippen LogP contribution in [-0.2, 0) is 4.79 Å². The van der Waals surface area contributed by atoms with Gasteiger partial charge in [-0.2, -0.15) is 0 Å². The van der Waals surface area contributed by atoms with Crippen LogP contribution in [0.2, 0.25) is 0 Å². The molecule has 0 aliphatic heterocycles. The number of hydrogen-bond acceptors (Lipinski definition) is 1. The van der Waals surface area contributed by atoms with Crippen LogP contribution >= 0.6 is 0 Å². The van der Waals surface area contributed by atoms with Crippen LogP contribution in [0.25, 0.3) is 0 Å². The lowest BCUT2D eigenvalue weighted by Gasteiger charge is -2.06.